The Morgan fingerprint density at radius 3 is 2.36 bits per heavy atom. The Kier molecular flexibility index (Phi) is 4.79. The summed E-state index contributed by atoms with van der Waals surface area (Å²) in [5.74, 6) is -0.818. The Morgan fingerprint density at radius 1 is 1.57 bits per heavy atom. The minimum atomic E-state index is -4.34. The minimum absolute atomic E-state index is 0.0673. The molecule has 0 bridgehead atoms. The van der Waals surface area contributed by atoms with Gasteiger partial charge in [0.25, 0.3) is 0 Å². The van der Waals surface area contributed by atoms with E-state index < -0.39 is 21.5 Å². The first-order chi connectivity index (χ1) is 6.29. The number of carbonyl (C=O) groups is 1. The van der Waals surface area contributed by atoms with Crippen LogP contribution in [-0.2, 0) is 19.6 Å². The fourth-order valence-corrected chi connectivity index (χ4v) is 1.47. The van der Waals surface area contributed by atoms with Gasteiger partial charge in [-0.25, -0.2) is 4.79 Å². The van der Waals surface area contributed by atoms with Crippen molar-refractivity contribution in [2.45, 2.75) is 32.1 Å². The molecular weight excluding hydrogens is 208 g/mol. The first kappa shape index (κ1) is 13.1. The molecule has 1 atom stereocenters. The zero-order valence-corrected chi connectivity index (χ0v) is 9.00. The van der Waals surface area contributed by atoms with Crippen LogP contribution in [0.2, 0.25) is 0 Å². The molecule has 14 heavy (non-hydrogen) atoms. The first-order valence-electron chi connectivity index (χ1n) is 4.11. The summed E-state index contributed by atoms with van der Waals surface area (Å²) in [6.45, 7) is 6.41. The van der Waals surface area contributed by atoms with E-state index in [-0.39, 0.29) is 12.0 Å². The molecule has 0 heterocycles. The van der Waals surface area contributed by atoms with E-state index in [1.165, 1.54) is 6.92 Å². The Bertz CT molecular complexity index is 317. The molecule has 1 N–H and O–H groups in total. The maximum absolute atomic E-state index is 11.0. The Hall–Kier alpha value is -0.880. The highest BCUT2D eigenvalue weighted by molar-refractivity contribution is 7.86. The van der Waals surface area contributed by atoms with E-state index >= 15 is 0 Å². The molecule has 0 aliphatic rings. The SMILES string of the molecule is C=C(C)C(=O)OC(CCC)S(=O)(=O)O. The van der Waals surface area contributed by atoms with Crippen LogP contribution in [0.5, 0.6) is 0 Å². The molecule has 0 aromatic carbocycles. The molecule has 0 aromatic rings. The minimum Gasteiger partial charge on any atom is -0.440 e. The van der Waals surface area contributed by atoms with Crippen molar-refractivity contribution in [3.63, 3.8) is 0 Å². The van der Waals surface area contributed by atoms with E-state index in [4.69, 9.17) is 4.55 Å². The topological polar surface area (TPSA) is 80.7 Å². The second-order valence-electron chi connectivity index (χ2n) is 2.92. The summed E-state index contributed by atoms with van der Waals surface area (Å²) < 4.78 is 34.7. The smallest absolute Gasteiger partial charge is 0.334 e. The molecule has 1 unspecified atom stereocenters. The molecule has 0 fully saturated rings. The molecule has 0 aliphatic heterocycles. The van der Waals surface area contributed by atoms with Gasteiger partial charge in [0.05, 0.1) is 0 Å². The normalized spacial score (nSPS) is 13.4. The third kappa shape index (κ3) is 4.38. The van der Waals surface area contributed by atoms with Crippen LogP contribution in [0, 0.1) is 0 Å². The lowest BCUT2D eigenvalue weighted by Crippen LogP contribution is -2.27. The Balaban J connectivity index is 4.55. The summed E-state index contributed by atoms with van der Waals surface area (Å²) in [5.41, 5.74) is -1.40. The number of carbonyl (C=O) groups excluding carboxylic acids is 1. The van der Waals surface area contributed by atoms with Gasteiger partial charge in [-0.2, -0.15) is 8.42 Å². The van der Waals surface area contributed by atoms with Crippen LogP contribution in [0.3, 0.4) is 0 Å². The Morgan fingerprint density at radius 2 is 2.07 bits per heavy atom. The number of ether oxygens (including phenoxy) is 1. The van der Waals surface area contributed by atoms with Gasteiger partial charge >= 0.3 is 16.1 Å². The van der Waals surface area contributed by atoms with E-state index in [0.29, 0.717) is 6.42 Å². The van der Waals surface area contributed by atoms with E-state index in [9.17, 15) is 13.2 Å². The van der Waals surface area contributed by atoms with Gasteiger partial charge in [-0.05, 0) is 6.92 Å². The molecule has 0 saturated carbocycles. The van der Waals surface area contributed by atoms with Crippen LogP contribution < -0.4 is 0 Å². The van der Waals surface area contributed by atoms with Gasteiger partial charge in [0.1, 0.15) is 0 Å². The second kappa shape index (κ2) is 5.11. The average molecular weight is 222 g/mol. The molecule has 0 aliphatic carbocycles. The van der Waals surface area contributed by atoms with Gasteiger partial charge in [0, 0.05) is 12.0 Å². The van der Waals surface area contributed by atoms with Crippen molar-refractivity contribution in [1.82, 2.24) is 0 Å². The summed E-state index contributed by atoms with van der Waals surface area (Å²) >= 11 is 0. The van der Waals surface area contributed by atoms with Gasteiger partial charge in [-0.15, -0.1) is 0 Å². The third-order valence-corrected chi connectivity index (χ3v) is 2.44. The lowest BCUT2D eigenvalue weighted by atomic mass is 10.3. The number of hydrogen-bond acceptors (Lipinski definition) is 4. The zero-order valence-electron chi connectivity index (χ0n) is 8.19. The summed E-state index contributed by atoms with van der Waals surface area (Å²) in [5, 5.41) is 0. The molecule has 0 spiro atoms. The van der Waals surface area contributed by atoms with Gasteiger partial charge in [-0.3, -0.25) is 4.55 Å². The fraction of sp³-hybridized carbons (Fsp3) is 0.625. The molecular formula is C8H14O5S. The molecule has 0 aromatic heterocycles. The molecule has 0 saturated heterocycles. The van der Waals surface area contributed by atoms with E-state index in [1.807, 2.05) is 0 Å². The second-order valence-corrected chi connectivity index (χ2v) is 4.47. The van der Waals surface area contributed by atoms with Crippen LogP contribution in [0.25, 0.3) is 0 Å². The van der Waals surface area contributed by atoms with Crippen molar-refractivity contribution in [2.75, 3.05) is 0 Å². The van der Waals surface area contributed by atoms with Crippen LogP contribution in [0.1, 0.15) is 26.7 Å². The van der Waals surface area contributed by atoms with E-state index in [2.05, 4.69) is 11.3 Å². The highest BCUT2D eigenvalue weighted by Gasteiger charge is 2.26. The highest BCUT2D eigenvalue weighted by atomic mass is 32.2. The largest absolute Gasteiger partial charge is 0.440 e. The standard InChI is InChI=1S/C8H14O5S/c1-4-5-7(14(10,11)12)13-8(9)6(2)3/h7H,2,4-5H2,1,3H3,(H,10,11,12). The Labute approximate surface area is 83.5 Å². The van der Waals surface area contributed by atoms with Crippen molar-refractivity contribution >= 4 is 16.1 Å². The van der Waals surface area contributed by atoms with Crippen LogP contribution in [0.15, 0.2) is 12.2 Å². The fourth-order valence-electron chi connectivity index (χ4n) is 0.724. The summed E-state index contributed by atoms with van der Waals surface area (Å²) in [7, 11) is -4.34. The van der Waals surface area contributed by atoms with Crippen LogP contribution >= 0.6 is 0 Å². The van der Waals surface area contributed by atoms with Crippen molar-refractivity contribution in [3.05, 3.63) is 12.2 Å². The highest BCUT2D eigenvalue weighted by Crippen LogP contribution is 2.10. The third-order valence-electron chi connectivity index (χ3n) is 1.44. The van der Waals surface area contributed by atoms with Gasteiger partial charge in [-0.1, -0.05) is 19.9 Å². The predicted molar refractivity (Wildman–Crippen MR) is 51.2 cm³/mol. The maximum Gasteiger partial charge on any atom is 0.334 e. The van der Waals surface area contributed by atoms with E-state index in [0.717, 1.165) is 0 Å². The molecule has 5 nitrogen and oxygen atoms in total. The van der Waals surface area contributed by atoms with Gasteiger partial charge in [0.2, 0.25) is 5.44 Å². The van der Waals surface area contributed by atoms with Gasteiger partial charge in [0.15, 0.2) is 0 Å². The van der Waals surface area contributed by atoms with Crippen LogP contribution in [-0.4, -0.2) is 24.4 Å². The molecule has 0 radical (unpaired) electrons. The maximum atomic E-state index is 11.0. The summed E-state index contributed by atoms with van der Waals surface area (Å²) in [6.07, 6.45) is 0.547. The number of hydrogen-bond donors (Lipinski definition) is 1. The van der Waals surface area contributed by atoms with Crippen molar-refractivity contribution in [3.8, 4) is 0 Å². The summed E-state index contributed by atoms with van der Waals surface area (Å²) in [6, 6.07) is 0. The first-order valence-corrected chi connectivity index (χ1v) is 5.62. The van der Waals surface area contributed by atoms with Crippen molar-refractivity contribution in [1.29, 1.82) is 0 Å². The lowest BCUT2D eigenvalue weighted by molar-refractivity contribution is -0.141. The average Bonchev–Trinajstić information content (AvgIpc) is 2.01. The molecule has 0 rings (SSSR count). The van der Waals surface area contributed by atoms with Crippen molar-refractivity contribution < 1.29 is 22.5 Å². The number of rotatable bonds is 5. The zero-order chi connectivity index (χ0) is 11.4. The summed E-state index contributed by atoms with van der Waals surface area (Å²) in [4.78, 5) is 11.0. The van der Waals surface area contributed by atoms with Crippen LogP contribution in [0.4, 0.5) is 0 Å². The van der Waals surface area contributed by atoms with Gasteiger partial charge < -0.3 is 4.74 Å². The predicted octanol–water partition coefficient (Wildman–Crippen LogP) is 1.12. The van der Waals surface area contributed by atoms with Crippen molar-refractivity contribution in [2.24, 2.45) is 0 Å². The molecule has 0 amide bonds. The number of esters is 1. The quantitative estimate of drug-likeness (QED) is 0.428. The van der Waals surface area contributed by atoms with E-state index in [1.54, 1.807) is 6.92 Å². The molecule has 6 heteroatoms. The lowest BCUT2D eigenvalue weighted by Gasteiger charge is -2.13. The molecule has 82 valence electrons. The monoisotopic (exact) mass is 222 g/mol.